The number of hydrogen-bond donors (Lipinski definition) is 0. The van der Waals surface area contributed by atoms with E-state index in [1.807, 2.05) is 17.4 Å². The van der Waals surface area contributed by atoms with Crippen LogP contribution in [-0.4, -0.2) is 27.6 Å². The monoisotopic (exact) mass is 1030 g/mol. The molecule has 11 aromatic rings. The van der Waals surface area contributed by atoms with E-state index in [9.17, 15) is 4.39 Å². The van der Waals surface area contributed by atoms with Gasteiger partial charge in [0.2, 0.25) is 0 Å². The van der Waals surface area contributed by atoms with Crippen LogP contribution in [0.15, 0.2) is 121 Å². The van der Waals surface area contributed by atoms with Crippen molar-refractivity contribution in [1.29, 1.82) is 0 Å². The van der Waals surface area contributed by atoms with Gasteiger partial charge in [0.05, 0.1) is 24.9 Å². The maximum atomic E-state index is 13.0. The normalized spacial score (nSPS) is 12.7. The summed E-state index contributed by atoms with van der Waals surface area (Å²) in [6.07, 6.45) is 1.65. The maximum absolute atomic E-state index is 13.0. The third kappa shape index (κ3) is 7.12. The van der Waals surface area contributed by atoms with Crippen molar-refractivity contribution in [2.75, 3.05) is 0 Å². The first-order chi connectivity index (χ1) is 30.2. The number of pyridine rings is 2. The molecule has 5 aromatic heterocycles. The van der Waals surface area contributed by atoms with Gasteiger partial charge in [0.1, 0.15) is 4.83 Å². The smallest absolute Gasteiger partial charge is 0.113 e. The molecule has 0 aliphatic rings. The van der Waals surface area contributed by atoms with E-state index in [2.05, 4.69) is 147 Å². The molecule has 5 heterocycles. The fourth-order valence-corrected chi connectivity index (χ4v) is 12.1. The van der Waals surface area contributed by atoms with Gasteiger partial charge in [0.25, 0.3) is 0 Å². The molecule has 0 atom stereocenters. The SMILES string of the molecule is Cc1ccc2c(n1)sc1c(-c3nc4ccc5ccccc5c4n3-c3c(C)cc4c(sc5ccccc54)c3C)[c-]ccc12.[2H]C([2H])([2H])c1cc(-c2[c-]cc(F)cc2)ncc1[Si](C)(C)C.[Ir]. The van der Waals surface area contributed by atoms with Crippen molar-refractivity contribution in [2.45, 2.75) is 47.3 Å². The van der Waals surface area contributed by atoms with E-state index in [0.29, 0.717) is 16.8 Å². The third-order valence-corrected chi connectivity index (χ3v) is 15.7. The number of benzene rings is 6. The van der Waals surface area contributed by atoms with Crippen molar-refractivity contribution in [3.63, 3.8) is 0 Å². The van der Waals surface area contributed by atoms with Crippen molar-refractivity contribution in [3.05, 3.63) is 162 Å². The van der Waals surface area contributed by atoms with Gasteiger partial charge in [-0.3, -0.25) is 9.37 Å². The van der Waals surface area contributed by atoms with Crippen LogP contribution in [0.3, 0.4) is 0 Å². The molecule has 11 rings (SSSR count). The summed E-state index contributed by atoms with van der Waals surface area (Å²) in [6.45, 7) is 10.6. The second-order valence-electron chi connectivity index (χ2n) is 16.4. The average molecular weight is 1030 g/mol. The molecular weight excluding hydrogens is 984 g/mol. The summed E-state index contributed by atoms with van der Waals surface area (Å²) in [5.41, 5.74) is 9.30. The summed E-state index contributed by atoms with van der Waals surface area (Å²) >= 11 is 3.61. The molecule has 303 valence electrons. The van der Waals surface area contributed by atoms with Gasteiger partial charge in [-0.1, -0.05) is 96.8 Å². The van der Waals surface area contributed by atoms with Crippen molar-refractivity contribution < 1.29 is 28.6 Å². The Morgan fingerprint density at radius 1 is 0.738 bits per heavy atom. The van der Waals surface area contributed by atoms with Crippen molar-refractivity contribution in [2.24, 2.45) is 0 Å². The van der Waals surface area contributed by atoms with Crippen LogP contribution in [0.4, 0.5) is 4.39 Å². The van der Waals surface area contributed by atoms with Gasteiger partial charge in [0.15, 0.2) is 0 Å². The number of aromatic nitrogens is 4. The number of imidazole rings is 1. The number of rotatable bonds is 4. The van der Waals surface area contributed by atoms with Crippen molar-refractivity contribution >= 4 is 98.2 Å². The standard InChI is InChI=1S/C37H24N3S2.C15H17FNSi.Ir/c1-20-19-29-25-11-6-7-14-31(25)41-34(29)22(3)32(20)40-33-24-10-5-4-9-23(24)16-18-30(33)39-36(40)28-13-8-12-26-27-17-15-21(2)38-37(27)42-35(26)28;1-11-9-14(12-5-7-13(16)8-6-12)17-10-15(11)18(2,3)4;/h4-12,14-19H,1-3H3;5,7-10H,1-4H3;/q2*-1;/i;1D3;. The Morgan fingerprint density at radius 2 is 1.54 bits per heavy atom. The quantitative estimate of drug-likeness (QED) is 0.130. The van der Waals surface area contributed by atoms with Crippen LogP contribution in [0, 0.1) is 45.6 Å². The number of nitrogens with zero attached hydrogens (tertiary/aromatic N) is 4. The van der Waals surface area contributed by atoms with E-state index >= 15 is 0 Å². The molecule has 0 fully saturated rings. The number of fused-ring (bicyclic) bond motifs is 9. The summed E-state index contributed by atoms with van der Waals surface area (Å²) < 4.78 is 42.4. The van der Waals surface area contributed by atoms with Gasteiger partial charge < -0.3 is 9.55 Å². The number of hydrogen-bond acceptors (Lipinski definition) is 5. The Morgan fingerprint density at radius 3 is 2.33 bits per heavy atom. The van der Waals surface area contributed by atoms with Gasteiger partial charge >= 0.3 is 0 Å². The Balaban J connectivity index is 0.000000200. The van der Waals surface area contributed by atoms with Crippen LogP contribution in [0.2, 0.25) is 19.6 Å². The molecule has 4 nitrogen and oxygen atoms in total. The zero-order valence-electron chi connectivity index (χ0n) is 37.4. The fourth-order valence-electron chi connectivity index (χ4n) is 8.39. The number of aryl methyl sites for hydroxylation is 4. The average Bonchev–Trinajstić information content (AvgIpc) is 3.95. The zero-order chi connectivity index (χ0) is 43.9. The summed E-state index contributed by atoms with van der Waals surface area (Å²) in [6, 6.07) is 44.7. The Bertz CT molecular complexity index is 3610. The van der Waals surface area contributed by atoms with Crippen LogP contribution in [0.25, 0.3) is 90.6 Å². The van der Waals surface area contributed by atoms with E-state index in [4.69, 9.17) is 14.1 Å². The molecule has 0 aliphatic carbocycles. The summed E-state index contributed by atoms with van der Waals surface area (Å²) in [4.78, 5) is 15.7. The minimum Gasteiger partial charge on any atom is -0.332 e. The molecular formula is C52H41FIrN4S2Si-2. The molecule has 0 aliphatic heterocycles. The van der Waals surface area contributed by atoms with Crippen LogP contribution in [0.1, 0.15) is 26.5 Å². The van der Waals surface area contributed by atoms with Gasteiger partial charge in [-0.15, -0.1) is 59.4 Å². The van der Waals surface area contributed by atoms with E-state index in [1.54, 1.807) is 29.7 Å². The number of thiophene rings is 2. The Kier molecular flexibility index (Phi) is 9.68. The fraction of sp³-hybridized carbons (Fsp3) is 0.135. The third-order valence-electron chi connectivity index (χ3n) is 11.3. The van der Waals surface area contributed by atoms with Gasteiger partial charge in [-0.05, 0) is 89.4 Å². The molecule has 61 heavy (non-hydrogen) atoms. The first kappa shape index (κ1) is 37.4. The number of halogens is 1. The Hall–Kier alpha value is -5.41. The van der Waals surface area contributed by atoms with Crippen LogP contribution in [-0.2, 0) is 20.1 Å². The minimum absolute atomic E-state index is 0. The summed E-state index contributed by atoms with van der Waals surface area (Å²) in [5, 5.41) is 8.27. The van der Waals surface area contributed by atoms with Gasteiger partial charge in [-0.2, -0.15) is 11.3 Å². The van der Waals surface area contributed by atoms with E-state index < -0.39 is 14.9 Å². The van der Waals surface area contributed by atoms with Crippen molar-refractivity contribution in [3.8, 4) is 28.3 Å². The van der Waals surface area contributed by atoms with Crippen LogP contribution >= 0.6 is 22.7 Å². The molecule has 1 radical (unpaired) electrons. The van der Waals surface area contributed by atoms with E-state index in [-0.39, 0.29) is 25.9 Å². The largest absolute Gasteiger partial charge is 0.332 e. The molecule has 6 aromatic carbocycles. The second kappa shape index (κ2) is 15.8. The molecule has 0 bridgehead atoms. The Labute approximate surface area is 381 Å². The predicted molar refractivity (Wildman–Crippen MR) is 257 cm³/mol. The van der Waals surface area contributed by atoms with E-state index in [0.717, 1.165) is 38.1 Å². The molecule has 9 heteroatoms. The molecule has 0 unspecified atom stereocenters. The summed E-state index contributed by atoms with van der Waals surface area (Å²) in [7, 11) is -1.81. The molecule has 0 N–H and O–H groups in total. The minimum atomic E-state index is -2.19. The topological polar surface area (TPSA) is 43.6 Å². The van der Waals surface area contributed by atoms with Crippen LogP contribution < -0.4 is 5.19 Å². The molecule has 0 spiro atoms. The molecule has 0 saturated heterocycles. The second-order valence-corrected chi connectivity index (χ2v) is 23.4. The van der Waals surface area contributed by atoms with Crippen molar-refractivity contribution in [1.82, 2.24) is 19.5 Å². The van der Waals surface area contributed by atoms with Gasteiger partial charge in [-0.25, -0.2) is 4.98 Å². The molecule has 0 saturated carbocycles. The first-order valence-corrected chi connectivity index (χ1v) is 25.0. The van der Waals surface area contributed by atoms with Gasteiger partial charge in [0, 0.05) is 73.2 Å². The summed E-state index contributed by atoms with van der Waals surface area (Å²) in [5.74, 6) is 0.537. The maximum Gasteiger partial charge on any atom is 0.113 e. The predicted octanol–water partition coefficient (Wildman–Crippen LogP) is 14.2. The first-order valence-electron chi connectivity index (χ1n) is 21.4. The van der Waals surface area contributed by atoms with Crippen LogP contribution in [0.5, 0.6) is 0 Å². The van der Waals surface area contributed by atoms with E-state index in [1.165, 1.54) is 75.4 Å². The zero-order valence-corrected chi connectivity index (χ0v) is 39.4. The molecule has 0 amide bonds.